The van der Waals surface area contributed by atoms with Crippen LogP contribution in [-0.2, 0) is 20.6 Å². The molecule has 12 nitrogen and oxygen atoms in total. The summed E-state index contributed by atoms with van der Waals surface area (Å²) in [7, 11) is -0.0275. The first-order chi connectivity index (χ1) is 22.0. The minimum Gasteiger partial charge on any atom is -0.494 e. The highest BCUT2D eigenvalue weighted by Crippen LogP contribution is 2.37. The molecule has 3 N–H and O–H groups in total. The summed E-state index contributed by atoms with van der Waals surface area (Å²) in [5, 5.41) is 6.83. The third-order valence-corrected chi connectivity index (χ3v) is 10.4. The van der Waals surface area contributed by atoms with Crippen LogP contribution in [0.3, 0.4) is 0 Å². The van der Waals surface area contributed by atoms with E-state index in [2.05, 4.69) is 71.3 Å². The maximum Gasteiger partial charge on any atom is 0.238 e. The molecule has 5 rings (SSSR count). The number of ether oxygens (including phenoxy) is 1. The first-order valence-electron chi connectivity index (χ1n) is 15.2. The average Bonchev–Trinajstić information content (AvgIpc) is 3.24. The maximum atomic E-state index is 12.3. The van der Waals surface area contributed by atoms with E-state index in [-0.39, 0.29) is 6.41 Å². The van der Waals surface area contributed by atoms with Crippen LogP contribution < -0.4 is 25.0 Å². The van der Waals surface area contributed by atoms with E-state index in [9.17, 15) is 13.2 Å². The number of hydrogen-bond donors (Lipinski definition) is 3. The molecule has 0 aliphatic carbocycles. The van der Waals surface area contributed by atoms with Crippen molar-refractivity contribution in [3.63, 3.8) is 0 Å². The van der Waals surface area contributed by atoms with Crippen molar-refractivity contribution < 1.29 is 17.9 Å². The second-order valence-corrected chi connectivity index (χ2v) is 14.7. The zero-order valence-electron chi connectivity index (χ0n) is 26.2. The van der Waals surface area contributed by atoms with Gasteiger partial charge in [-0.15, -0.1) is 0 Å². The fraction of sp³-hybridized carbons (Fsp3) is 0.452. The third-order valence-electron chi connectivity index (χ3n) is 8.48. The van der Waals surface area contributed by atoms with Crippen LogP contribution in [0.5, 0.6) is 5.75 Å². The number of aryl methyl sites for hydroxylation is 1. The molecule has 0 atom stereocenters. The molecule has 2 aliphatic heterocycles. The highest BCUT2D eigenvalue weighted by atomic mass is 79.9. The van der Waals surface area contributed by atoms with E-state index in [0.717, 1.165) is 56.0 Å². The van der Waals surface area contributed by atoms with Gasteiger partial charge < -0.3 is 25.2 Å². The average molecular weight is 736 g/mol. The number of aromatic nitrogens is 2. The highest BCUT2D eigenvalue weighted by Gasteiger charge is 2.27. The Bertz CT molecular complexity index is 1660. The van der Waals surface area contributed by atoms with Crippen LogP contribution in [0.1, 0.15) is 30.4 Å². The summed E-state index contributed by atoms with van der Waals surface area (Å²) in [4.78, 5) is 27.4. The fourth-order valence-electron chi connectivity index (χ4n) is 6.06. The Morgan fingerprint density at radius 3 is 2.59 bits per heavy atom. The number of methoxy groups -OCH3 is 1. The lowest BCUT2D eigenvalue weighted by Gasteiger charge is -2.39. The molecule has 2 aromatic carbocycles. The summed E-state index contributed by atoms with van der Waals surface area (Å²) >= 11 is 9.70. The van der Waals surface area contributed by atoms with Gasteiger partial charge in [-0.05, 0) is 91.6 Å². The number of anilines is 5. The lowest BCUT2D eigenvalue weighted by atomic mass is 10.0. The number of carbonyl (C=O) groups is 1. The minimum absolute atomic E-state index is 0.137. The number of nitrogens with zero attached hydrogens (tertiary/aromatic N) is 5. The van der Waals surface area contributed by atoms with Crippen molar-refractivity contribution in [2.45, 2.75) is 38.0 Å². The first kappa shape index (κ1) is 34.2. The number of likely N-dealkylation sites (N-methyl/N-ethyl adjacent to an activating group) is 1. The predicted molar refractivity (Wildman–Crippen MR) is 186 cm³/mol. The molecule has 3 heterocycles. The van der Waals surface area contributed by atoms with Crippen LogP contribution >= 0.6 is 27.5 Å². The Morgan fingerprint density at radius 2 is 1.85 bits per heavy atom. The van der Waals surface area contributed by atoms with Crippen molar-refractivity contribution >= 4 is 72.8 Å². The number of hydrogen-bond acceptors (Lipinski definition) is 11. The van der Waals surface area contributed by atoms with Gasteiger partial charge in [0.1, 0.15) is 11.6 Å². The van der Waals surface area contributed by atoms with Crippen LogP contribution in [0, 0.1) is 6.92 Å². The van der Waals surface area contributed by atoms with Gasteiger partial charge >= 0.3 is 0 Å². The smallest absolute Gasteiger partial charge is 0.238 e. The summed E-state index contributed by atoms with van der Waals surface area (Å²) < 4.78 is 32.7. The molecule has 0 bridgehead atoms. The van der Waals surface area contributed by atoms with Crippen LogP contribution in [0.2, 0.25) is 5.02 Å². The first-order valence-corrected chi connectivity index (χ1v) is 18.0. The fourth-order valence-corrected chi connectivity index (χ4v) is 7.42. The predicted octanol–water partition coefficient (Wildman–Crippen LogP) is 4.88. The minimum atomic E-state index is -3.89. The summed E-state index contributed by atoms with van der Waals surface area (Å²) in [6.07, 6.45) is 5.24. The van der Waals surface area contributed by atoms with E-state index >= 15 is 0 Å². The van der Waals surface area contributed by atoms with Gasteiger partial charge in [0.15, 0.2) is 0 Å². The topological polar surface area (TPSA) is 132 Å². The molecule has 0 saturated carbocycles. The quantitative estimate of drug-likeness (QED) is 0.233. The normalized spacial score (nSPS) is 16.9. The van der Waals surface area contributed by atoms with Gasteiger partial charge in [0.25, 0.3) is 0 Å². The molecule has 15 heteroatoms. The number of nitrogens with one attached hydrogen (secondary N) is 3. The Morgan fingerprint density at radius 1 is 1.07 bits per heavy atom. The van der Waals surface area contributed by atoms with E-state index < -0.39 is 15.8 Å². The summed E-state index contributed by atoms with van der Waals surface area (Å²) in [5.41, 5.74) is 3.80. The lowest BCUT2D eigenvalue weighted by Crippen LogP contribution is -2.46. The molecule has 2 saturated heterocycles. The van der Waals surface area contributed by atoms with Gasteiger partial charge in [-0.1, -0.05) is 17.7 Å². The molecule has 2 aliphatic rings. The van der Waals surface area contributed by atoms with Gasteiger partial charge in [-0.2, -0.15) is 4.98 Å². The van der Waals surface area contributed by atoms with E-state index in [1.54, 1.807) is 31.5 Å². The molecule has 248 valence electrons. The number of benzene rings is 2. The maximum absolute atomic E-state index is 12.3. The molecule has 0 radical (unpaired) electrons. The molecule has 3 aromatic rings. The van der Waals surface area contributed by atoms with Crippen molar-refractivity contribution in [3.8, 4) is 5.75 Å². The van der Waals surface area contributed by atoms with Crippen molar-refractivity contribution in [1.29, 1.82) is 0 Å². The number of amides is 1. The molecule has 0 unspecified atom stereocenters. The monoisotopic (exact) mass is 734 g/mol. The molecular formula is C31H40BrClN8O4S. The largest absolute Gasteiger partial charge is 0.494 e. The van der Waals surface area contributed by atoms with Crippen molar-refractivity contribution in [1.82, 2.24) is 24.5 Å². The number of carbonyl (C=O) groups excluding carboxylic acids is 1. The second kappa shape index (κ2) is 15.2. The van der Waals surface area contributed by atoms with Crippen molar-refractivity contribution in [3.05, 3.63) is 57.2 Å². The molecule has 1 amide bonds. The summed E-state index contributed by atoms with van der Waals surface area (Å²) in [6.45, 7) is 8.72. The van der Waals surface area contributed by atoms with Crippen molar-refractivity contribution in [2.75, 3.05) is 69.0 Å². The Balaban J connectivity index is 1.31. The molecule has 1 aromatic heterocycles. The van der Waals surface area contributed by atoms with Crippen LogP contribution in [0.15, 0.2) is 41.0 Å². The van der Waals surface area contributed by atoms with Crippen LogP contribution in [0.4, 0.5) is 28.8 Å². The molecule has 2 fully saturated rings. The van der Waals surface area contributed by atoms with E-state index in [0.29, 0.717) is 44.3 Å². The Hall–Kier alpha value is -3.17. The van der Waals surface area contributed by atoms with E-state index in [1.165, 1.54) is 19.5 Å². The van der Waals surface area contributed by atoms with E-state index in [1.807, 2.05) is 10.8 Å². The van der Waals surface area contributed by atoms with Crippen molar-refractivity contribution in [2.24, 2.45) is 0 Å². The van der Waals surface area contributed by atoms with E-state index in [4.69, 9.17) is 16.3 Å². The summed E-state index contributed by atoms with van der Waals surface area (Å²) in [5.74, 6) is 0.922. The summed E-state index contributed by atoms with van der Waals surface area (Å²) in [6, 6.07) is 9.50. The van der Waals surface area contributed by atoms with Gasteiger partial charge in [-0.3, -0.25) is 14.4 Å². The lowest BCUT2D eigenvalue weighted by molar-refractivity contribution is -0.108. The number of halogens is 2. The SMILES string of the molecule is COc1cc(N2CCC(N3CCCN(C)CC3)CC2)c(C)cc1Nc1ncc(Br)c(Nc2cc(Cl)ccc2CS(=O)(=O)NC=O)n1. The number of sulfonamides is 1. The van der Waals surface area contributed by atoms with Gasteiger partial charge in [0.2, 0.25) is 22.4 Å². The zero-order valence-corrected chi connectivity index (χ0v) is 29.4. The number of piperidine rings is 1. The van der Waals surface area contributed by atoms with Gasteiger partial charge in [0.05, 0.1) is 23.0 Å². The van der Waals surface area contributed by atoms with Crippen LogP contribution in [-0.4, -0.2) is 94.1 Å². The third kappa shape index (κ3) is 8.59. The highest BCUT2D eigenvalue weighted by molar-refractivity contribution is 9.10. The Kier molecular flexibility index (Phi) is 11.3. The second-order valence-electron chi connectivity index (χ2n) is 11.7. The Labute approximate surface area is 284 Å². The number of rotatable bonds is 11. The zero-order chi connectivity index (χ0) is 32.8. The van der Waals surface area contributed by atoms with Crippen LogP contribution in [0.25, 0.3) is 0 Å². The molecule has 46 heavy (non-hydrogen) atoms. The van der Waals surface area contributed by atoms with Gasteiger partial charge in [0, 0.05) is 60.9 Å². The van der Waals surface area contributed by atoms with Gasteiger partial charge in [-0.25, -0.2) is 13.4 Å². The molecule has 0 spiro atoms. The standard InChI is InChI=1S/C31H40BrClN8O4S/c1-21-15-27(29(45-3)17-28(21)41-11-7-24(8-12-41)40-10-4-9-39(2)13-14-40)37-31-34-18-25(32)30(38-31)36-26-16-23(33)6-5-22(26)19-46(43,44)35-20-42/h5-6,15-18,20,24H,4,7-14,19H2,1-3H3,(H,35,42)(H2,34,36,37,38). The molecular weight excluding hydrogens is 696 g/mol.